The van der Waals surface area contributed by atoms with Crippen molar-refractivity contribution in [1.29, 1.82) is 0 Å². The number of carbonyl (C=O) groups excluding carboxylic acids is 1. The molecule has 1 aliphatic heterocycles. The van der Waals surface area contributed by atoms with E-state index in [1.807, 2.05) is 5.38 Å². The molecule has 4 nitrogen and oxygen atoms in total. The molecule has 2 heterocycles. The van der Waals surface area contributed by atoms with Gasteiger partial charge in [0.2, 0.25) is 5.91 Å². The Morgan fingerprint density at radius 1 is 1.53 bits per heavy atom. The summed E-state index contributed by atoms with van der Waals surface area (Å²) in [5, 5.41) is 3.63. The van der Waals surface area contributed by atoms with Gasteiger partial charge in [-0.2, -0.15) is 19.8 Å². The van der Waals surface area contributed by atoms with Crippen molar-refractivity contribution in [2.75, 3.05) is 0 Å². The van der Waals surface area contributed by atoms with Crippen molar-refractivity contribution in [2.45, 2.75) is 12.5 Å². The van der Waals surface area contributed by atoms with Gasteiger partial charge in [0, 0.05) is 26.1 Å². The number of hydrogen-bond donors (Lipinski definition) is 0. The third-order valence-electron chi connectivity index (χ3n) is 2.13. The van der Waals surface area contributed by atoms with Crippen LogP contribution in [-0.2, 0) is 14.0 Å². The van der Waals surface area contributed by atoms with Gasteiger partial charge in [0.05, 0.1) is 12.5 Å². The Balaban J connectivity index is 2.35. The van der Waals surface area contributed by atoms with Crippen LogP contribution in [0.3, 0.4) is 0 Å². The van der Waals surface area contributed by atoms with Crippen LogP contribution in [0.15, 0.2) is 15.2 Å². The summed E-state index contributed by atoms with van der Waals surface area (Å²) < 4.78 is 23.7. The van der Waals surface area contributed by atoms with Crippen molar-refractivity contribution in [3.05, 3.63) is 20.8 Å². The minimum absolute atomic E-state index is 0.182. The number of hydrogen-bond acceptors (Lipinski definition) is 4. The zero-order valence-corrected chi connectivity index (χ0v) is 11.2. The van der Waals surface area contributed by atoms with Crippen molar-refractivity contribution in [2.24, 2.45) is 0 Å². The van der Waals surface area contributed by atoms with Crippen molar-refractivity contribution >= 4 is 53.1 Å². The first-order valence-corrected chi connectivity index (χ1v) is 7.90. The van der Waals surface area contributed by atoms with E-state index in [4.69, 9.17) is 10.7 Å². The van der Waals surface area contributed by atoms with Crippen molar-refractivity contribution in [3.8, 4) is 0 Å². The van der Waals surface area contributed by atoms with E-state index in [1.54, 1.807) is 5.38 Å². The third kappa shape index (κ3) is 1.93. The van der Waals surface area contributed by atoms with Gasteiger partial charge < -0.3 is 0 Å². The molecular formula is C7H5BrClNO3S2. The molecule has 1 amide bonds. The lowest BCUT2D eigenvalue weighted by Crippen LogP contribution is -2.47. The van der Waals surface area contributed by atoms with E-state index in [-0.39, 0.29) is 6.42 Å². The number of β-lactam (4-membered cyclic amide) rings is 1. The fourth-order valence-corrected chi connectivity index (χ4v) is 4.38. The topological polar surface area (TPSA) is 54.5 Å². The van der Waals surface area contributed by atoms with E-state index >= 15 is 0 Å². The maximum atomic E-state index is 11.1. The lowest BCUT2D eigenvalue weighted by molar-refractivity contribution is -0.137. The maximum Gasteiger partial charge on any atom is 0.324 e. The zero-order valence-electron chi connectivity index (χ0n) is 7.18. The van der Waals surface area contributed by atoms with Crippen molar-refractivity contribution in [1.82, 2.24) is 4.31 Å². The Labute approximate surface area is 104 Å². The SMILES string of the molecule is O=C1CC(c2cscc2Br)N1S(=O)(=O)Cl. The van der Waals surface area contributed by atoms with Gasteiger partial charge in [-0.25, -0.2) is 4.31 Å². The second-order valence-electron chi connectivity index (χ2n) is 3.03. The van der Waals surface area contributed by atoms with Gasteiger partial charge in [-0.15, -0.1) is 0 Å². The van der Waals surface area contributed by atoms with Gasteiger partial charge >= 0.3 is 9.24 Å². The highest BCUT2D eigenvalue weighted by atomic mass is 79.9. The molecule has 0 radical (unpaired) electrons. The molecule has 1 aromatic heterocycles. The third-order valence-corrected chi connectivity index (χ3v) is 5.26. The van der Waals surface area contributed by atoms with E-state index < -0.39 is 21.2 Å². The fourth-order valence-electron chi connectivity index (χ4n) is 1.44. The van der Waals surface area contributed by atoms with Crippen LogP contribution in [0.25, 0.3) is 0 Å². The van der Waals surface area contributed by atoms with E-state index in [0.29, 0.717) is 4.31 Å². The number of carbonyl (C=O) groups is 1. The highest BCUT2D eigenvalue weighted by Gasteiger charge is 2.45. The second kappa shape index (κ2) is 3.73. The number of rotatable bonds is 2. The zero-order chi connectivity index (χ0) is 11.2. The standard InChI is InChI=1S/C7H5BrClNO3S2/c8-5-3-14-2-4(5)6-1-7(11)10(6)15(9,12)13/h2-3,6H,1H2. The molecule has 1 aromatic rings. The van der Waals surface area contributed by atoms with Crippen LogP contribution in [0.5, 0.6) is 0 Å². The summed E-state index contributed by atoms with van der Waals surface area (Å²) in [4.78, 5) is 11.1. The molecule has 0 aliphatic carbocycles. The summed E-state index contributed by atoms with van der Waals surface area (Å²) in [7, 11) is 1.19. The molecule has 0 bridgehead atoms. The maximum absolute atomic E-state index is 11.1. The molecular weight excluding hydrogens is 326 g/mol. The minimum atomic E-state index is -3.97. The molecule has 1 fully saturated rings. The first-order chi connectivity index (χ1) is 6.91. The Morgan fingerprint density at radius 3 is 2.60 bits per heavy atom. The average Bonchev–Trinajstić information content (AvgIpc) is 2.43. The molecule has 2 rings (SSSR count). The van der Waals surface area contributed by atoms with Crippen LogP contribution >= 0.6 is 37.9 Å². The first kappa shape index (κ1) is 11.4. The fraction of sp³-hybridized carbons (Fsp3) is 0.286. The molecule has 0 N–H and O–H groups in total. The number of halogens is 2. The highest BCUT2D eigenvalue weighted by molar-refractivity contribution is 9.10. The summed E-state index contributed by atoms with van der Waals surface area (Å²) in [5.74, 6) is -0.465. The normalized spacial score (nSPS) is 21.6. The molecule has 1 aliphatic rings. The van der Waals surface area contributed by atoms with Gasteiger partial charge in [0.25, 0.3) is 0 Å². The lowest BCUT2D eigenvalue weighted by Gasteiger charge is -2.36. The van der Waals surface area contributed by atoms with E-state index in [1.165, 1.54) is 11.3 Å². The Hall–Kier alpha value is -0.110. The quantitative estimate of drug-likeness (QED) is 0.617. The van der Waals surface area contributed by atoms with Crippen molar-refractivity contribution < 1.29 is 13.2 Å². The molecule has 1 saturated heterocycles. The lowest BCUT2D eigenvalue weighted by atomic mass is 10.0. The Bertz CT molecular complexity index is 512. The van der Waals surface area contributed by atoms with Crippen LogP contribution in [0, 0.1) is 0 Å². The molecule has 82 valence electrons. The summed E-state index contributed by atoms with van der Waals surface area (Å²) in [6.07, 6.45) is 0.182. The molecule has 0 saturated carbocycles. The monoisotopic (exact) mass is 329 g/mol. The highest BCUT2D eigenvalue weighted by Crippen LogP contribution is 2.42. The van der Waals surface area contributed by atoms with E-state index in [9.17, 15) is 13.2 Å². The summed E-state index contributed by atoms with van der Waals surface area (Å²) in [6, 6.07) is -0.458. The Kier molecular flexibility index (Phi) is 2.83. The van der Waals surface area contributed by atoms with E-state index in [2.05, 4.69) is 15.9 Å². The van der Waals surface area contributed by atoms with Crippen LogP contribution in [-0.4, -0.2) is 18.6 Å². The smallest absolute Gasteiger partial charge is 0.274 e. The van der Waals surface area contributed by atoms with Crippen LogP contribution in [0.4, 0.5) is 0 Å². The van der Waals surface area contributed by atoms with E-state index in [0.717, 1.165) is 10.0 Å². The molecule has 1 unspecified atom stereocenters. The van der Waals surface area contributed by atoms with Gasteiger partial charge in [0.1, 0.15) is 0 Å². The van der Waals surface area contributed by atoms with Crippen molar-refractivity contribution in [3.63, 3.8) is 0 Å². The van der Waals surface area contributed by atoms with Gasteiger partial charge in [-0.1, -0.05) is 0 Å². The largest absolute Gasteiger partial charge is 0.324 e. The number of thiophene rings is 1. The van der Waals surface area contributed by atoms with Crippen LogP contribution < -0.4 is 0 Å². The second-order valence-corrected chi connectivity index (χ2v) is 7.01. The number of amides is 1. The minimum Gasteiger partial charge on any atom is -0.274 e. The molecule has 0 aromatic carbocycles. The molecule has 8 heteroatoms. The molecule has 15 heavy (non-hydrogen) atoms. The predicted octanol–water partition coefficient (Wildman–Crippen LogP) is 2.27. The first-order valence-electron chi connectivity index (χ1n) is 3.89. The predicted molar refractivity (Wildman–Crippen MR) is 61.0 cm³/mol. The summed E-state index contributed by atoms with van der Waals surface area (Å²) >= 11 is 4.73. The van der Waals surface area contributed by atoms with Gasteiger partial charge in [-0.3, -0.25) is 4.79 Å². The van der Waals surface area contributed by atoms with Gasteiger partial charge in [0.15, 0.2) is 0 Å². The average molecular weight is 331 g/mol. The molecule has 0 spiro atoms. The van der Waals surface area contributed by atoms with Crippen LogP contribution in [0.1, 0.15) is 18.0 Å². The number of nitrogens with zero attached hydrogens (tertiary/aromatic N) is 1. The van der Waals surface area contributed by atoms with Gasteiger partial charge in [-0.05, 0) is 21.3 Å². The summed E-state index contributed by atoms with van der Waals surface area (Å²) in [6.45, 7) is 0. The van der Waals surface area contributed by atoms with Crippen LogP contribution in [0.2, 0.25) is 0 Å². The molecule has 1 atom stereocenters. The summed E-state index contributed by atoms with van der Waals surface area (Å²) in [5.41, 5.74) is 0.781. The Morgan fingerprint density at radius 2 is 2.20 bits per heavy atom.